The summed E-state index contributed by atoms with van der Waals surface area (Å²) in [5.74, 6) is -0.158. The summed E-state index contributed by atoms with van der Waals surface area (Å²) in [7, 11) is 0. The van der Waals surface area contributed by atoms with Crippen LogP contribution in [0.5, 0.6) is 17.2 Å². The lowest BCUT2D eigenvalue weighted by molar-refractivity contribution is -0.0165. The van der Waals surface area contributed by atoms with E-state index in [1.807, 2.05) is 12.1 Å². The first-order valence-corrected chi connectivity index (χ1v) is 10.4. The van der Waals surface area contributed by atoms with Crippen molar-refractivity contribution in [2.45, 2.75) is 6.61 Å². The number of rotatable bonds is 3. The summed E-state index contributed by atoms with van der Waals surface area (Å²) in [5.41, 5.74) is 2.09. The molecule has 0 saturated heterocycles. The molecule has 3 aromatic rings. The Bertz CT molecular complexity index is 1280. The minimum atomic E-state index is -0.648. The molecule has 0 amide bonds. The number of hydrogen-bond acceptors (Lipinski definition) is 6. The maximum atomic E-state index is 13.0. The van der Waals surface area contributed by atoms with E-state index in [0.717, 1.165) is 10.0 Å². The van der Waals surface area contributed by atoms with Crippen LogP contribution in [0.25, 0.3) is 6.08 Å². The molecular weight excluding hydrogens is 483 g/mol. The lowest BCUT2D eigenvalue weighted by Crippen LogP contribution is -2.12. The van der Waals surface area contributed by atoms with Gasteiger partial charge in [-0.15, -0.1) is 0 Å². The molecule has 0 saturated carbocycles. The molecule has 2 heterocycles. The van der Waals surface area contributed by atoms with Gasteiger partial charge in [0, 0.05) is 21.7 Å². The molecule has 160 valence electrons. The average Bonchev–Trinajstić information content (AvgIpc) is 3.08. The summed E-state index contributed by atoms with van der Waals surface area (Å²) in [6.07, 6.45) is 1.61. The van der Waals surface area contributed by atoms with Gasteiger partial charge in [-0.3, -0.25) is 4.79 Å². The first-order valence-electron chi connectivity index (χ1n) is 9.57. The molecule has 2 aliphatic heterocycles. The molecule has 0 fully saturated rings. The molecule has 0 unspecified atom stereocenters. The van der Waals surface area contributed by atoms with Crippen molar-refractivity contribution in [2.24, 2.45) is 0 Å². The largest absolute Gasteiger partial charge is 0.467 e. The standard InChI is InChI=1S/C24H14BrFO6/c25-16-7-14(23-15(8-16)11-29-12-30-23)9-21-22(27)19-6-5-18(10-20(19)32-21)31-24(28)13-1-3-17(26)4-2-13/h1-10H,11-12H2/b21-9-. The molecule has 3 aromatic carbocycles. The van der Waals surface area contributed by atoms with Crippen molar-refractivity contribution in [3.05, 3.63) is 92.9 Å². The third-order valence-electron chi connectivity index (χ3n) is 4.92. The summed E-state index contributed by atoms with van der Waals surface area (Å²) in [4.78, 5) is 25.1. The summed E-state index contributed by atoms with van der Waals surface area (Å²) in [5, 5.41) is 0. The van der Waals surface area contributed by atoms with E-state index in [1.165, 1.54) is 42.5 Å². The second-order valence-electron chi connectivity index (χ2n) is 7.09. The topological polar surface area (TPSA) is 71.1 Å². The van der Waals surface area contributed by atoms with Gasteiger partial charge >= 0.3 is 5.97 Å². The molecule has 5 rings (SSSR count). The van der Waals surface area contributed by atoms with Gasteiger partial charge in [-0.05, 0) is 54.6 Å². The zero-order valence-corrected chi connectivity index (χ0v) is 18.0. The first-order chi connectivity index (χ1) is 15.5. The number of halogens is 2. The first kappa shape index (κ1) is 20.4. The molecule has 0 atom stereocenters. The van der Waals surface area contributed by atoms with Gasteiger partial charge in [0.1, 0.15) is 23.1 Å². The van der Waals surface area contributed by atoms with Crippen molar-refractivity contribution in [3.8, 4) is 17.2 Å². The van der Waals surface area contributed by atoms with Gasteiger partial charge in [0.25, 0.3) is 0 Å². The number of fused-ring (bicyclic) bond motifs is 2. The number of carbonyl (C=O) groups is 2. The van der Waals surface area contributed by atoms with Crippen LogP contribution in [0.1, 0.15) is 31.8 Å². The lowest BCUT2D eigenvalue weighted by Gasteiger charge is -2.20. The van der Waals surface area contributed by atoms with E-state index in [-0.39, 0.29) is 35.4 Å². The van der Waals surface area contributed by atoms with E-state index >= 15 is 0 Å². The Morgan fingerprint density at radius 2 is 1.91 bits per heavy atom. The van der Waals surface area contributed by atoms with Crippen LogP contribution in [0.2, 0.25) is 0 Å². The minimum Gasteiger partial charge on any atom is -0.467 e. The number of Topliss-reactive ketones (excluding diaryl/α,β-unsaturated/α-hetero) is 1. The van der Waals surface area contributed by atoms with Gasteiger partial charge in [0.15, 0.2) is 12.6 Å². The van der Waals surface area contributed by atoms with Gasteiger partial charge in [-0.1, -0.05) is 15.9 Å². The fourth-order valence-electron chi connectivity index (χ4n) is 3.44. The lowest BCUT2D eigenvalue weighted by atomic mass is 10.1. The zero-order chi connectivity index (χ0) is 22.2. The minimum absolute atomic E-state index is 0.123. The Kier molecular flexibility index (Phi) is 5.24. The fraction of sp³-hybridized carbons (Fsp3) is 0.0833. The van der Waals surface area contributed by atoms with E-state index in [4.69, 9.17) is 18.9 Å². The molecule has 2 aliphatic rings. The predicted molar refractivity (Wildman–Crippen MR) is 115 cm³/mol. The van der Waals surface area contributed by atoms with Crippen molar-refractivity contribution >= 4 is 33.8 Å². The Hall–Kier alpha value is -3.49. The number of esters is 1. The predicted octanol–water partition coefficient (Wildman–Crippen LogP) is 5.29. The molecule has 32 heavy (non-hydrogen) atoms. The quantitative estimate of drug-likeness (QED) is 0.278. The maximum Gasteiger partial charge on any atom is 0.343 e. The summed E-state index contributed by atoms with van der Waals surface area (Å²) in [6.45, 7) is 0.533. The molecule has 6 nitrogen and oxygen atoms in total. The maximum absolute atomic E-state index is 13.0. The second-order valence-corrected chi connectivity index (χ2v) is 8.00. The van der Waals surface area contributed by atoms with Crippen molar-refractivity contribution in [1.82, 2.24) is 0 Å². The number of ketones is 1. The second kappa shape index (κ2) is 8.22. The number of benzene rings is 3. The Balaban J connectivity index is 1.40. The van der Waals surface area contributed by atoms with Crippen molar-refractivity contribution < 1.29 is 32.9 Å². The smallest absolute Gasteiger partial charge is 0.343 e. The molecule has 0 aliphatic carbocycles. The number of allylic oxidation sites excluding steroid dienone is 1. The monoisotopic (exact) mass is 496 g/mol. The Morgan fingerprint density at radius 1 is 1.09 bits per heavy atom. The Morgan fingerprint density at radius 3 is 2.72 bits per heavy atom. The molecule has 0 N–H and O–H groups in total. The molecule has 8 heteroatoms. The molecular formula is C24H14BrFO6. The number of carbonyl (C=O) groups excluding carboxylic acids is 2. The average molecular weight is 497 g/mol. The number of ether oxygens (including phenoxy) is 4. The summed E-state index contributed by atoms with van der Waals surface area (Å²) < 4.78 is 35.9. The van der Waals surface area contributed by atoms with E-state index in [9.17, 15) is 14.0 Å². The van der Waals surface area contributed by atoms with Crippen LogP contribution in [0.4, 0.5) is 4.39 Å². The molecule has 0 aromatic heterocycles. The van der Waals surface area contributed by atoms with Gasteiger partial charge < -0.3 is 18.9 Å². The van der Waals surface area contributed by atoms with E-state index in [1.54, 1.807) is 6.08 Å². The summed E-state index contributed by atoms with van der Waals surface area (Å²) in [6, 6.07) is 13.2. The molecule has 0 radical (unpaired) electrons. The third-order valence-corrected chi connectivity index (χ3v) is 5.38. The fourth-order valence-corrected chi connectivity index (χ4v) is 3.96. The third kappa shape index (κ3) is 3.90. The van der Waals surface area contributed by atoms with Crippen LogP contribution < -0.4 is 14.2 Å². The SMILES string of the molecule is O=C(Oc1ccc2c(c1)O/C(=C\c1cc(Br)cc3c1OCOC3)C2=O)c1ccc(F)cc1. The van der Waals surface area contributed by atoms with Gasteiger partial charge in [0.05, 0.1) is 17.7 Å². The highest BCUT2D eigenvalue weighted by molar-refractivity contribution is 9.10. The van der Waals surface area contributed by atoms with E-state index < -0.39 is 11.8 Å². The molecule has 0 spiro atoms. The van der Waals surface area contributed by atoms with Crippen LogP contribution in [-0.4, -0.2) is 18.5 Å². The highest BCUT2D eigenvalue weighted by Crippen LogP contribution is 2.38. The van der Waals surface area contributed by atoms with Crippen LogP contribution in [0, 0.1) is 5.82 Å². The Labute approximate surface area is 190 Å². The zero-order valence-electron chi connectivity index (χ0n) is 16.4. The van der Waals surface area contributed by atoms with Crippen molar-refractivity contribution in [2.75, 3.05) is 6.79 Å². The normalized spacial score (nSPS) is 15.6. The van der Waals surface area contributed by atoms with E-state index in [0.29, 0.717) is 23.5 Å². The van der Waals surface area contributed by atoms with Gasteiger partial charge in [-0.25, -0.2) is 9.18 Å². The molecule has 0 bridgehead atoms. The van der Waals surface area contributed by atoms with Crippen LogP contribution in [0.3, 0.4) is 0 Å². The van der Waals surface area contributed by atoms with Crippen molar-refractivity contribution in [1.29, 1.82) is 0 Å². The van der Waals surface area contributed by atoms with Gasteiger partial charge in [-0.2, -0.15) is 0 Å². The highest BCUT2D eigenvalue weighted by Gasteiger charge is 2.29. The van der Waals surface area contributed by atoms with Crippen molar-refractivity contribution in [3.63, 3.8) is 0 Å². The number of hydrogen-bond donors (Lipinski definition) is 0. The van der Waals surface area contributed by atoms with Gasteiger partial charge in [0.2, 0.25) is 5.78 Å². The summed E-state index contributed by atoms with van der Waals surface area (Å²) >= 11 is 3.45. The van der Waals surface area contributed by atoms with Crippen LogP contribution >= 0.6 is 15.9 Å². The van der Waals surface area contributed by atoms with Crippen LogP contribution in [-0.2, 0) is 11.3 Å². The highest BCUT2D eigenvalue weighted by atomic mass is 79.9. The van der Waals surface area contributed by atoms with E-state index in [2.05, 4.69) is 15.9 Å². The van der Waals surface area contributed by atoms with Crippen LogP contribution in [0.15, 0.2) is 64.8 Å².